The Morgan fingerprint density at radius 1 is 1.14 bits per heavy atom. The molecule has 2 rings (SSSR count). The van der Waals surface area contributed by atoms with Crippen LogP contribution in [-0.4, -0.2) is 50.1 Å². The molecule has 1 aliphatic carbocycles. The maximum Gasteiger partial charge on any atom is 0.233 e. The predicted molar refractivity (Wildman–Crippen MR) is 92.5 cm³/mol. The van der Waals surface area contributed by atoms with Crippen molar-refractivity contribution in [2.45, 2.75) is 33.1 Å². The van der Waals surface area contributed by atoms with Gasteiger partial charge in [-0.1, -0.05) is 13.8 Å². The summed E-state index contributed by atoms with van der Waals surface area (Å²) in [6.07, 6.45) is 3.90. The van der Waals surface area contributed by atoms with Crippen LogP contribution in [0.2, 0.25) is 0 Å². The molecule has 6 heteroatoms. The van der Waals surface area contributed by atoms with Crippen LogP contribution in [0.15, 0.2) is 0 Å². The third kappa shape index (κ3) is 8.87. The van der Waals surface area contributed by atoms with E-state index in [0.717, 1.165) is 31.5 Å². The van der Waals surface area contributed by atoms with Crippen molar-refractivity contribution < 1.29 is 4.79 Å². The maximum absolute atomic E-state index is 11.7. The Bertz CT molecular complexity index is 299. The van der Waals surface area contributed by atoms with E-state index in [2.05, 4.69) is 29.4 Å². The first-order chi connectivity index (χ1) is 9.13. The second-order valence-corrected chi connectivity index (χ2v) is 6.69. The van der Waals surface area contributed by atoms with Crippen molar-refractivity contribution in [2.75, 3.05) is 39.3 Å². The molecule has 0 aromatic heterocycles. The Labute approximate surface area is 141 Å². The fourth-order valence-electron chi connectivity index (χ4n) is 2.79. The van der Waals surface area contributed by atoms with Crippen LogP contribution in [0, 0.1) is 17.8 Å². The number of hydrogen-bond donors (Lipinski definition) is 2. The SMILES string of the molecule is CC(C)CN1CCC(CNC(=O)CNCC2CC2)C1.Cl.Cl. The number of rotatable bonds is 8. The van der Waals surface area contributed by atoms with E-state index in [4.69, 9.17) is 0 Å². The van der Waals surface area contributed by atoms with Gasteiger partial charge in [0.25, 0.3) is 0 Å². The van der Waals surface area contributed by atoms with Crippen LogP contribution >= 0.6 is 24.8 Å². The smallest absolute Gasteiger partial charge is 0.233 e. The molecule has 1 heterocycles. The Morgan fingerprint density at radius 3 is 2.48 bits per heavy atom. The fraction of sp³-hybridized carbons (Fsp3) is 0.933. The van der Waals surface area contributed by atoms with E-state index in [1.54, 1.807) is 0 Å². The molecule has 1 amide bonds. The minimum atomic E-state index is 0. The van der Waals surface area contributed by atoms with Crippen molar-refractivity contribution in [2.24, 2.45) is 17.8 Å². The lowest BCUT2D eigenvalue weighted by Crippen LogP contribution is -2.38. The summed E-state index contributed by atoms with van der Waals surface area (Å²) in [6, 6.07) is 0. The second-order valence-electron chi connectivity index (χ2n) is 6.69. The highest BCUT2D eigenvalue weighted by molar-refractivity contribution is 5.85. The number of likely N-dealkylation sites (tertiary alicyclic amines) is 1. The Morgan fingerprint density at radius 2 is 1.86 bits per heavy atom. The van der Waals surface area contributed by atoms with E-state index in [9.17, 15) is 4.79 Å². The zero-order chi connectivity index (χ0) is 13.7. The van der Waals surface area contributed by atoms with Crippen LogP contribution in [0.3, 0.4) is 0 Å². The van der Waals surface area contributed by atoms with E-state index < -0.39 is 0 Å². The van der Waals surface area contributed by atoms with E-state index in [1.807, 2.05) is 0 Å². The van der Waals surface area contributed by atoms with Gasteiger partial charge >= 0.3 is 0 Å². The molecular weight excluding hydrogens is 309 g/mol. The Kier molecular flexibility index (Phi) is 10.6. The number of hydrogen-bond acceptors (Lipinski definition) is 3. The highest BCUT2D eigenvalue weighted by Crippen LogP contribution is 2.27. The van der Waals surface area contributed by atoms with Crippen LogP contribution < -0.4 is 10.6 Å². The molecular formula is C15H31Cl2N3O. The molecule has 0 bridgehead atoms. The maximum atomic E-state index is 11.7. The quantitative estimate of drug-likeness (QED) is 0.710. The van der Waals surface area contributed by atoms with E-state index >= 15 is 0 Å². The van der Waals surface area contributed by atoms with Crippen LogP contribution in [0.5, 0.6) is 0 Å². The number of halogens is 2. The molecule has 126 valence electrons. The largest absolute Gasteiger partial charge is 0.355 e. The number of nitrogens with zero attached hydrogens (tertiary/aromatic N) is 1. The topological polar surface area (TPSA) is 44.4 Å². The van der Waals surface area contributed by atoms with Crippen LogP contribution in [0.1, 0.15) is 33.1 Å². The summed E-state index contributed by atoms with van der Waals surface area (Å²) in [7, 11) is 0. The molecule has 1 saturated carbocycles. The second kappa shape index (κ2) is 10.7. The molecule has 1 unspecified atom stereocenters. The van der Waals surface area contributed by atoms with Crippen LogP contribution in [0.4, 0.5) is 0 Å². The van der Waals surface area contributed by atoms with E-state index in [1.165, 1.54) is 32.4 Å². The lowest BCUT2D eigenvalue weighted by molar-refractivity contribution is -0.120. The van der Waals surface area contributed by atoms with Gasteiger partial charge in [-0.2, -0.15) is 0 Å². The summed E-state index contributed by atoms with van der Waals surface area (Å²) in [5.74, 6) is 2.38. The minimum Gasteiger partial charge on any atom is -0.355 e. The average Bonchev–Trinajstić information content (AvgIpc) is 3.06. The summed E-state index contributed by atoms with van der Waals surface area (Å²) in [6.45, 7) is 10.4. The van der Waals surface area contributed by atoms with Crippen LogP contribution in [0.25, 0.3) is 0 Å². The molecule has 1 aliphatic heterocycles. The Hall–Kier alpha value is -0.0300. The Balaban J connectivity index is 0.00000200. The van der Waals surface area contributed by atoms with Gasteiger partial charge in [0.15, 0.2) is 0 Å². The highest BCUT2D eigenvalue weighted by Gasteiger charge is 2.23. The number of carbonyl (C=O) groups is 1. The molecule has 1 saturated heterocycles. The van der Waals surface area contributed by atoms with Crippen molar-refractivity contribution in [3.63, 3.8) is 0 Å². The fourth-order valence-corrected chi connectivity index (χ4v) is 2.79. The van der Waals surface area contributed by atoms with Gasteiger partial charge in [0.05, 0.1) is 6.54 Å². The first-order valence-corrected chi connectivity index (χ1v) is 7.83. The highest BCUT2D eigenvalue weighted by atomic mass is 35.5. The van der Waals surface area contributed by atoms with Crippen molar-refractivity contribution in [1.82, 2.24) is 15.5 Å². The molecule has 2 fully saturated rings. The molecule has 21 heavy (non-hydrogen) atoms. The van der Waals surface area contributed by atoms with Gasteiger partial charge in [-0.15, -0.1) is 24.8 Å². The zero-order valence-electron chi connectivity index (χ0n) is 13.3. The standard InChI is InChI=1S/C15H29N3O.2ClH/c1-12(2)10-18-6-5-14(11-18)8-17-15(19)9-16-7-13-3-4-13;;/h12-14,16H,3-11H2,1-2H3,(H,17,19);2*1H. The van der Waals surface area contributed by atoms with Crippen molar-refractivity contribution in [3.05, 3.63) is 0 Å². The van der Waals surface area contributed by atoms with Gasteiger partial charge in [-0.3, -0.25) is 4.79 Å². The zero-order valence-corrected chi connectivity index (χ0v) is 14.9. The minimum absolute atomic E-state index is 0. The molecule has 0 aromatic rings. The van der Waals surface area contributed by atoms with Gasteiger partial charge < -0.3 is 15.5 Å². The van der Waals surface area contributed by atoms with Crippen LogP contribution in [-0.2, 0) is 4.79 Å². The molecule has 4 nitrogen and oxygen atoms in total. The molecule has 1 atom stereocenters. The van der Waals surface area contributed by atoms with Gasteiger partial charge in [-0.05, 0) is 50.1 Å². The first-order valence-electron chi connectivity index (χ1n) is 7.83. The normalized spacial score (nSPS) is 21.8. The van der Waals surface area contributed by atoms with Gasteiger partial charge in [0, 0.05) is 19.6 Å². The van der Waals surface area contributed by atoms with Crippen molar-refractivity contribution in [3.8, 4) is 0 Å². The lowest BCUT2D eigenvalue weighted by Gasteiger charge is -2.18. The number of carbonyl (C=O) groups excluding carboxylic acids is 1. The average molecular weight is 340 g/mol. The van der Waals surface area contributed by atoms with E-state index in [0.29, 0.717) is 12.5 Å². The molecule has 2 N–H and O–H groups in total. The third-order valence-electron chi connectivity index (χ3n) is 4.00. The summed E-state index contributed by atoms with van der Waals surface area (Å²) in [5, 5.41) is 6.30. The monoisotopic (exact) mass is 339 g/mol. The van der Waals surface area contributed by atoms with Crippen molar-refractivity contribution in [1.29, 1.82) is 0 Å². The summed E-state index contributed by atoms with van der Waals surface area (Å²) < 4.78 is 0. The van der Waals surface area contributed by atoms with Crippen molar-refractivity contribution >= 4 is 30.7 Å². The number of nitrogens with one attached hydrogen (secondary N) is 2. The summed E-state index contributed by atoms with van der Waals surface area (Å²) in [4.78, 5) is 14.2. The predicted octanol–water partition coefficient (Wildman–Crippen LogP) is 1.92. The van der Waals surface area contributed by atoms with E-state index in [-0.39, 0.29) is 30.7 Å². The third-order valence-corrected chi connectivity index (χ3v) is 4.00. The van der Waals surface area contributed by atoms with Gasteiger partial charge in [-0.25, -0.2) is 0 Å². The number of amides is 1. The summed E-state index contributed by atoms with van der Waals surface area (Å²) in [5.41, 5.74) is 0. The lowest BCUT2D eigenvalue weighted by atomic mass is 10.1. The molecule has 0 spiro atoms. The molecule has 0 radical (unpaired) electrons. The summed E-state index contributed by atoms with van der Waals surface area (Å²) >= 11 is 0. The van der Waals surface area contributed by atoms with Gasteiger partial charge in [0.2, 0.25) is 5.91 Å². The first kappa shape index (κ1) is 21.0. The molecule has 2 aliphatic rings. The van der Waals surface area contributed by atoms with Gasteiger partial charge in [0.1, 0.15) is 0 Å². The molecule has 0 aromatic carbocycles.